The molecule has 0 unspecified atom stereocenters. The predicted molar refractivity (Wildman–Crippen MR) is 66.7 cm³/mol. The normalized spacial score (nSPS) is 32.1. The first-order valence-electron chi connectivity index (χ1n) is 6.88. The quantitative estimate of drug-likeness (QED) is 0.719. The highest BCUT2D eigenvalue weighted by Gasteiger charge is 2.20. The van der Waals surface area contributed by atoms with Gasteiger partial charge in [-0.1, -0.05) is 6.92 Å². The zero-order valence-electron chi connectivity index (χ0n) is 10.6. The molecule has 0 aromatic carbocycles. The van der Waals surface area contributed by atoms with E-state index in [-0.39, 0.29) is 0 Å². The average Bonchev–Trinajstić information content (AvgIpc) is 2.72. The minimum Gasteiger partial charge on any atom is -0.379 e. The van der Waals surface area contributed by atoms with Crippen molar-refractivity contribution >= 4 is 0 Å². The van der Waals surface area contributed by atoms with Crippen molar-refractivity contribution in [2.24, 2.45) is 5.92 Å². The standard InChI is InChI=1S/C13H26N2O/c1-12-3-4-13(11-12)14-5-2-6-15-7-9-16-10-8-15/h12-14H,2-11H2,1H3/t12-,13+/m1/s1. The van der Waals surface area contributed by atoms with Gasteiger partial charge in [0.2, 0.25) is 0 Å². The third-order valence-corrected chi connectivity index (χ3v) is 3.88. The molecule has 1 saturated carbocycles. The Hall–Kier alpha value is -0.120. The molecule has 0 bridgehead atoms. The number of nitrogens with zero attached hydrogens (tertiary/aromatic N) is 1. The van der Waals surface area contributed by atoms with Gasteiger partial charge in [-0.05, 0) is 44.7 Å². The molecule has 2 rings (SSSR count). The van der Waals surface area contributed by atoms with E-state index >= 15 is 0 Å². The molecule has 3 heteroatoms. The van der Waals surface area contributed by atoms with Crippen LogP contribution in [0.25, 0.3) is 0 Å². The topological polar surface area (TPSA) is 24.5 Å². The maximum absolute atomic E-state index is 5.34. The molecule has 1 heterocycles. The molecule has 0 aromatic rings. The SMILES string of the molecule is C[C@@H]1CC[C@H](NCCCN2CCOCC2)C1. The van der Waals surface area contributed by atoms with E-state index < -0.39 is 0 Å². The van der Waals surface area contributed by atoms with Crippen LogP contribution in [0.1, 0.15) is 32.6 Å². The summed E-state index contributed by atoms with van der Waals surface area (Å²) in [4.78, 5) is 2.52. The maximum Gasteiger partial charge on any atom is 0.0594 e. The van der Waals surface area contributed by atoms with Crippen LogP contribution in [0.4, 0.5) is 0 Å². The molecule has 0 amide bonds. The zero-order valence-corrected chi connectivity index (χ0v) is 10.6. The van der Waals surface area contributed by atoms with Crippen LogP contribution in [-0.4, -0.2) is 50.3 Å². The van der Waals surface area contributed by atoms with Crippen molar-refractivity contribution in [1.29, 1.82) is 0 Å². The summed E-state index contributed by atoms with van der Waals surface area (Å²) in [6.45, 7) is 8.89. The van der Waals surface area contributed by atoms with Crippen molar-refractivity contribution in [2.75, 3.05) is 39.4 Å². The van der Waals surface area contributed by atoms with Gasteiger partial charge in [0, 0.05) is 19.1 Å². The number of rotatable bonds is 5. The van der Waals surface area contributed by atoms with Gasteiger partial charge in [0.25, 0.3) is 0 Å². The third-order valence-electron chi connectivity index (χ3n) is 3.88. The molecular formula is C13H26N2O. The number of hydrogen-bond donors (Lipinski definition) is 1. The van der Waals surface area contributed by atoms with E-state index in [1.165, 1.54) is 38.8 Å². The minimum absolute atomic E-state index is 0.805. The van der Waals surface area contributed by atoms with Gasteiger partial charge in [0.1, 0.15) is 0 Å². The summed E-state index contributed by atoms with van der Waals surface area (Å²) < 4.78 is 5.34. The monoisotopic (exact) mass is 226 g/mol. The van der Waals surface area contributed by atoms with E-state index in [1.807, 2.05) is 0 Å². The summed E-state index contributed by atoms with van der Waals surface area (Å²) in [7, 11) is 0. The van der Waals surface area contributed by atoms with E-state index in [1.54, 1.807) is 0 Å². The molecule has 0 radical (unpaired) electrons. The van der Waals surface area contributed by atoms with Gasteiger partial charge >= 0.3 is 0 Å². The molecule has 0 aromatic heterocycles. The van der Waals surface area contributed by atoms with Crippen molar-refractivity contribution in [3.05, 3.63) is 0 Å². The van der Waals surface area contributed by atoms with Crippen LogP contribution in [0, 0.1) is 5.92 Å². The Morgan fingerprint density at radius 2 is 2.06 bits per heavy atom. The van der Waals surface area contributed by atoms with Crippen LogP contribution in [0.5, 0.6) is 0 Å². The minimum atomic E-state index is 0.805. The fraction of sp³-hybridized carbons (Fsp3) is 1.00. The van der Waals surface area contributed by atoms with Crippen molar-refractivity contribution in [1.82, 2.24) is 10.2 Å². The smallest absolute Gasteiger partial charge is 0.0594 e. The molecule has 2 atom stereocenters. The molecule has 1 aliphatic carbocycles. The first-order valence-corrected chi connectivity index (χ1v) is 6.88. The van der Waals surface area contributed by atoms with Gasteiger partial charge in [-0.2, -0.15) is 0 Å². The average molecular weight is 226 g/mol. The molecule has 1 saturated heterocycles. The lowest BCUT2D eigenvalue weighted by molar-refractivity contribution is 0.0374. The van der Waals surface area contributed by atoms with Crippen molar-refractivity contribution in [2.45, 2.75) is 38.6 Å². The van der Waals surface area contributed by atoms with Gasteiger partial charge in [-0.15, -0.1) is 0 Å². The lowest BCUT2D eigenvalue weighted by Gasteiger charge is -2.26. The van der Waals surface area contributed by atoms with Gasteiger partial charge in [0.15, 0.2) is 0 Å². The van der Waals surface area contributed by atoms with Crippen molar-refractivity contribution in [3.8, 4) is 0 Å². The predicted octanol–water partition coefficient (Wildman–Crippen LogP) is 1.49. The maximum atomic E-state index is 5.34. The molecular weight excluding hydrogens is 200 g/mol. The summed E-state index contributed by atoms with van der Waals surface area (Å²) >= 11 is 0. The number of nitrogens with one attached hydrogen (secondary N) is 1. The van der Waals surface area contributed by atoms with Crippen molar-refractivity contribution < 1.29 is 4.74 Å². The highest BCUT2D eigenvalue weighted by molar-refractivity contribution is 4.78. The summed E-state index contributed by atoms with van der Waals surface area (Å²) in [5, 5.41) is 3.69. The highest BCUT2D eigenvalue weighted by Crippen LogP contribution is 2.24. The van der Waals surface area contributed by atoms with Crippen molar-refractivity contribution in [3.63, 3.8) is 0 Å². The lowest BCUT2D eigenvalue weighted by Crippen LogP contribution is -2.38. The van der Waals surface area contributed by atoms with Gasteiger partial charge in [-0.3, -0.25) is 4.90 Å². The van der Waals surface area contributed by atoms with Crippen LogP contribution in [0.3, 0.4) is 0 Å². The van der Waals surface area contributed by atoms with Gasteiger partial charge in [0.05, 0.1) is 13.2 Å². The molecule has 1 N–H and O–H groups in total. The molecule has 2 fully saturated rings. The summed E-state index contributed by atoms with van der Waals surface area (Å²) in [5.74, 6) is 0.941. The summed E-state index contributed by atoms with van der Waals surface area (Å²) in [6, 6.07) is 0.805. The van der Waals surface area contributed by atoms with Crippen LogP contribution in [-0.2, 0) is 4.74 Å². The van der Waals surface area contributed by atoms with E-state index in [0.717, 1.165) is 38.3 Å². The highest BCUT2D eigenvalue weighted by atomic mass is 16.5. The Labute approximate surface area is 99.5 Å². The van der Waals surface area contributed by atoms with E-state index in [4.69, 9.17) is 4.74 Å². The third kappa shape index (κ3) is 4.04. The second kappa shape index (κ2) is 6.58. The molecule has 3 nitrogen and oxygen atoms in total. The fourth-order valence-corrected chi connectivity index (χ4v) is 2.83. The molecule has 2 aliphatic rings. The second-order valence-electron chi connectivity index (χ2n) is 5.38. The van der Waals surface area contributed by atoms with Gasteiger partial charge in [-0.25, -0.2) is 0 Å². The molecule has 1 aliphatic heterocycles. The Balaban J connectivity index is 1.48. The Kier molecular flexibility index (Phi) is 5.07. The number of ether oxygens (including phenoxy) is 1. The first kappa shape index (κ1) is 12.3. The van der Waals surface area contributed by atoms with Gasteiger partial charge < -0.3 is 10.1 Å². The fourth-order valence-electron chi connectivity index (χ4n) is 2.83. The summed E-state index contributed by atoms with van der Waals surface area (Å²) in [6.07, 6.45) is 5.47. The number of morpholine rings is 1. The first-order chi connectivity index (χ1) is 7.84. The van der Waals surface area contributed by atoms with Crippen LogP contribution in [0.2, 0.25) is 0 Å². The van der Waals surface area contributed by atoms with Crippen LogP contribution < -0.4 is 5.32 Å². The van der Waals surface area contributed by atoms with E-state index in [9.17, 15) is 0 Å². The molecule has 94 valence electrons. The zero-order chi connectivity index (χ0) is 11.2. The Morgan fingerprint density at radius 3 is 2.75 bits per heavy atom. The summed E-state index contributed by atoms with van der Waals surface area (Å²) in [5.41, 5.74) is 0. The largest absolute Gasteiger partial charge is 0.379 e. The van der Waals surface area contributed by atoms with E-state index in [0.29, 0.717) is 0 Å². The number of hydrogen-bond acceptors (Lipinski definition) is 3. The lowest BCUT2D eigenvalue weighted by atomic mass is 10.1. The second-order valence-corrected chi connectivity index (χ2v) is 5.38. The Bertz CT molecular complexity index is 186. The molecule has 16 heavy (non-hydrogen) atoms. The Morgan fingerprint density at radius 1 is 1.25 bits per heavy atom. The van der Waals surface area contributed by atoms with E-state index in [2.05, 4.69) is 17.1 Å². The molecule has 0 spiro atoms. The van der Waals surface area contributed by atoms with Crippen LogP contribution >= 0.6 is 0 Å². The van der Waals surface area contributed by atoms with Crippen LogP contribution in [0.15, 0.2) is 0 Å².